The maximum absolute atomic E-state index is 12.4. The van der Waals surface area contributed by atoms with Crippen molar-refractivity contribution in [2.45, 2.75) is 50.2 Å². The van der Waals surface area contributed by atoms with E-state index in [9.17, 15) is 8.42 Å². The molecule has 2 aliphatic rings. The van der Waals surface area contributed by atoms with Gasteiger partial charge in [0.15, 0.2) is 0 Å². The zero-order valence-electron chi connectivity index (χ0n) is 10.3. The molecule has 0 spiro atoms. The molecule has 1 N–H and O–H groups in total. The highest BCUT2D eigenvalue weighted by molar-refractivity contribution is 7.89. The van der Waals surface area contributed by atoms with Gasteiger partial charge in [-0.15, -0.1) is 0 Å². The van der Waals surface area contributed by atoms with Crippen molar-refractivity contribution < 1.29 is 13.5 Å². The van der Waals surface area contributed by atoms with Crippen LogP contribution in [0.3, 0.4) is 0 Å². The molecule has 4 nitrogen and oxygen atoms in total. The molecule has 1 saturated carbocycles. The first-order valence-electron chi connectivity index (χ1n) is 6.74. The zero-order valence-corrected chi connectivity index (χ0v) is 11.2. The van der Waals surface area contributed by atoms with Crippen LogP contribution in [0.25, 0.3) is 0 Å². The monoisotopic (exact) mass is 261 g/mol. The van der Waals surface area contributed by atoms with Crippen LogP contribution in [0.15, 0.2) is 0 Å². The molecule has 0 aromatic rings. The predicted molar refractivity (Wildman–Crippen MR) is 67.2 cm³/mol. The van der Waals surface area contributed by atoms with Crippen molar-refractivity contribution >= 4 is 10.0 Å². The Kier molecular flexibility index (Phi) is 4.44. The van der Waals surface area contributed by atoms with Crippen LogP contribution in [0.4, 0.5) is 0 Å². The maximum Gasteiger partial charge on any atom is 0.216 e. The number of sulfonamides is 1. The Labute approximate surface area is 104 Å². The van der Waals surface area contributed by atoms with Crippen LogP contribution >= 0.6 is 0 Å². The normalized spacial score (nSPS) is 29.4. The van der Waals surface area contributed by atoms with Crippen LogP contribution in [-0.2, 0) is 10.0 Å². The first-order chi connectivity index (χ1) is 8.14. The summed E-state index contributed by atoms with van der Waals surface area (Å²) in [6, 6.07) is 0. The smallest absolute Gasteiger partial charge is 0.216 e. The lowest BCUT2D eigenvalue weighted by Gasteiger charge is -2.34. The second kappa shape index (κ2) is 5.67. The quantitative estimate of drug-likeness (QED) is 0.834. The molecule has 2 rings (SSSR count). The predicted octanol–water partition coefficient (Wildman–Crippen LogP) is 1.35. The first-order valence-corrected chi connectivity index (χ1v) is 8.24. The van der Waals surface area contributed by atoms with E-state index in [1.807, 2.05) is 0 Å². The van der Waals surface area contributed by atoms with E-state index in [2.05, 4.69) is 0 Å². The molecule has 0 bridgehead atoms. The fourth-order valence-corrected chi connectivity index (χ4v) is 5.13. The minimum atomic E-state index is -3.11. The van der Waals surface area contributed by atoms with E-state index in [0.717, 1.165) is 38.5 Å². The van der Waals surface area contributed by atoms with Crippen molar-refractivity contribution in [2.75, 3.05) is 19.7 Å². The molecule has 0 aromatic heterocycles. The largest absolute Gasteiger partial charge is 0.396 e. The second-order valence-electron chi connectivity index (χ2n) is 5.35. The molecule has 5 heteroatoms. The Balaban J connectivity index is 2.03. The summed E-state index contributed by atoms with van der Waals surface area (Å²) in [6.07, 6.45) is 6.74. The van der Waals surface area contributed by atoms with E-state index in [-0.39, 0.29) is 17.8 Å². The van der Waals surface area contributed by atoms with Crippen LogP contribution in [0.5, 0.6) is 0 Å². The van der Waals surface area contributed by atoms with Gasteiger partial charge in [-0.3, -0.25) is 0 Å². The van der Waals surface area contributed by atoms with Crippen LogP contribution in [0, 0.1) is 5.92 Å². The van der Waals surface area contributed by atoms with Gasteiger partial charge in [-0.25, -0.2) is 12.7 Å². The lowest BCUT2D eigenvalue weighted by molar-refractivity contribution is 0.164. The number of nitrogens with zero attached hydrogens (tertiary/aromatic N) is 1. The molecule has 1 heterocycles. The van der Waals surface area contributed by atoms with Gasteiger partial charge in [0, 0.05) is 19.7 Å². The van der Waals surface area contributed by atoms with Crippen molar-refractivity contribution in [3.63, 3.8) is 0 Å². The Morgan fingerprint density at radius 2 is 1.76 bits per heavy atom. The average Bonchev–Trinajstić information content (AvgIpc) is 2.40. The Bertz CT molecular complexity index is 336. The van der Waals surface area contributed by atoms with Gasteiger partial charge in [0.05, 0.1) is 5.25 Å². The van der Waals surface area contributed by atoms with Gasteiger partial charge in [0.1, 0.15) is 0 Å². The van der Waals surface area contributed by atoms with E-state index < -0.39 is 10.0 Å². The van der Waals surface area contributed by atoms with Gasteiger partial charge in [0.25, 0.3) is 0 Å². The Morgan fingerprint density at radius 3 is 2.41 bits per heavy atom. The van der Waals surface area contributed by atoms with Gasteiger partial charge in [-0.1, -0.05) is 19.3 Å². The first kappa shape index (κ1) is 13.3. The summed E-state index contributed by atoms with van der Waals surface area (Å²) >= 11 is 0. The van der Waals surface area contributed by atoms with Crippen LogP contribution in [0.2, 0.25) is 0 Å². The number of aliphatic hydroxyl groups is 1. The Hall–Kier alpha value is -0.130. The van der Waals surface area contributed by atoms with E-state index in [1.54, 1.807) is 4.31 Å². The molecular formula is C12H23NO3S. The molecular weight excluding hydrogens is 238 g/mol. The molecule has 0 radical (unpaired) electrons. The zero-order chi connectivity index (χ0) is 12.3. The van der Waals surface area contributed by atoms with Crippen molar-refractivity contribution in [1.82, 2.24) is 4.31 Å². The van der Waals surface area contributed by atoms with Crippen LogP contribution in [0.1, 0.15) is 44.9 Å². The molecule has 17 heavy (non-hydrogen) atoms. The highest BCUT2D eigenvalue weighted by Crippen LogP contribution is 2.28. The van der Waals surface area contributed by atoms with Gasteiger partial charge >= 0.3 is 0 Å². The lowest BCUT2D eigenvalue weighted by atomic mass is 10.0. The Morgan fingerprint density at radius 1 is 1.06 bits per heavy atom. The molecule has 0 amide bonds. The van der Waals surface area contributed by atoms with Crippen molar-refractivity contribution in [3.8, 4) is 0 Å². The molecule has 1 saturated heterocycles. The van der Waals surface area contributed by atoms with Crippen LogP contribution < -0.4 is 0 Å². The molecule has 1 unspecified atom stereocenters. The fraction of sp³-hybridized carbons (Fsp3) is 1.00. The van der Waals surface area contributed by atoms with Crippen LogP contribution in [-0.4, -0.2) is 42.8 Å². The third-order valence-electron chi connectivity index (χ3n) is 4.07. The highest BCUT2D eigenvalue weighted by Gasteiger charge is 2.35. The molecule has 1 aliphatic heterocycles. The maximum atomic E-state index is 12.4. The minimum absolute atomic E-state index is 0.108. The van der Waals surface area contributed by atoms with E-state index in [4.69, 9.17) is 5.11 Å². The minimum Gasteiger partial charge on any atom is -0.396 e. The third-order valence-corrected chi connectivity index (χ3v) is 6.44. The number of hydrogen-bond acceptors (Lipinski definition) is 3. The SMILES string of the molecule is O=S(=O)(C1CCCCC1)N1CCCC(CO)C1. The summed E-state index contributed by atoms with van der Waals surface area (Å²) < 4.78 is 26.5. The second-order valence-corrected chi connectivity index (χ2v) is 7.57. The van der Waals surface area contributed by atoms with E-state index in [1.165, 1.54) is 6.42 Å². The van der Waals surface area contributed by atoms with Gasteiger partial charge in [-0.2, -0.15) is 0 Å². The molecule has 2 fully saturated rings. The fourth-order valence-electron chi connectivity index (χ4n) is 2.98. The highest BCUT2D eigenvalue weighted by atomic mass is 32.2. The topological polar surface area (TPSA) is 57.6 Å². The van der Waals surface area contributed by atoms with E-state index in [0.29, 0.717) is 13.1 Å². The van der Waals surface area contributed by atoms with Gasteiger partial charge in [-0.05, 0) is 31.6 Å². The molecule has 0 aromatic carbocycles. The number of aliphatic hydroxyl groups excluding tert-OH is 1. The van der Waals surface area contributed by atoms with Crippen molar-refractivity contribution in [1.29, 1.82) is 0 Å². The van der Waals surface area contributed by atoms with Gasteiger partial charge in [0.2, 0.25) is 10.0 Å². The van der Waals surface area contributed by atoms with Gasteiger partial charge < -0.3 is 5.11 Å². The summed E-state index contributed by atoms with van der Waals surface area (Å²) in [6.45, 7) is 1.28. The van der Waals surface area contributed by atoms with Crippen molar-refractivity contribution in [3.05, 3.63) is 0 Å². The summed E-state index contributed by atoms with van der Waals surface area (Å²) in [4.78, 5) is 0. The molecule has 1 atom stereocenters. The standard InChI is InChI=1S/C12H23NO3S/c14-10-11-5-4-8-13(9-11)17(15,16)12-6-2-1-3-7-12/h11-12,14H,1-10H2. The average molecular weight is 261 g/mol. The summed E-state index contributed by atoms with van der Waals surface area (Å²) in [5.41, 5.74) is 0. The molecule has 1 aliphatic carbocycles. The third kappa shape index (κ3) is 3.01. The lowest BCUT2D eigenvalue weighted by Crippen LogP contribution is -2.45. The summed E-state index contributed by atoms with van der Waals surface area (Å²) in [7, 11) is -3.11. The summed E-state index contributed by atoms with van der Waals surface area (Å²) in [5, 5.41) is 9.00. The number of piperidine rings is 1. The number of rotatable bonds is 3. The number of hydrogen-bond donors (Lipinski definition) is 1. The molecule has 100 valence electrons. The van der Waals surface area contributed by atoms with E-state index >= 15 is 0 Å². The van der Waals surface area contributed by atoms with Crippen molar-refractivity contribution in [2.24, 2.45) is 5.92 Å². The summed E-state index contributed by atoms with van der Waals surface area (Å²) in [5.74, 6) is 0.141.